The maximum atomic E-state index is 12.1. The molecule has 110 valence electrons. The van der Waals surface area contributed by atoms with Crippen molar-refractivity contribution < 1.29 is 5.11 Å². The van der Waals surface area contributed by atoms with Gasteiger partial charge in [0, 0.05) is 25.3 Å². The van der Waals surface area contributed by atoms with Crippen LogP contribution in [0.15, 0.2) is 28.0 Å². The summed E-state index contributed by atoms with van der Waals surface area (Å²) >= 11 is 16.8. The zero-order valence-electron chi connectivity index (χ0n) is 11.2. The first-order valence-corrected chi connectivity index (χ1v) is 6.97. The Morgan fingerprint density at radius 2 is 1.95 bits per heavy atom. The Balaban J connectivity index is 2.57. The number of aromatic hydroxyl groups is 1. The molecule has 0 spiro atoms. The van der Waals surface area contributed by atoms with Crippen LogP contribution in [0.2, 0.25) is 10.0 Å². The minimum atomic E-state index is -0.440. The van der Waals surface area contributed by atoms with E-state index in [4.69, 9.17) is 35.4 Å². The van der Waals surface area contributed by atoms with Crippen molar-refractivity contribution in [2.75, 3.05) is 0 Å². The fourth-order valence-electron chi connectivity index (χ4n) is 1.69. The van der Waals surface area contributed by atoms with E-state index >= 15 is 0 Å². The van der Waals surface area contributed by atoms with Crippen LogP contribution in [-0.2, 0) is 14.1 Å². The molecule has 2 aromatic rings. The molecule has 1 heterocycles. The lowest BCUT2D eigenvalue weighted by molar-refractivity contribution is 0.415. The van der Waals surface area contributed by atoms with Gasteiger partial charge in [-0.1, -0.05) is 23.2 Å². The molecule has 0 aliphatic rings. The summed E-state index contributed by atoms with van der Waals surface area (Å²) in [5.74, 6) is -0.253. The van der Waals surface area contributed by atoms with Crippen molar-refractivity contribution in [3.05, 3.63) is 48.9 Å². The third-order valence-corrected chi connectivity index (χ3v) is 4.00. The summed E-state index contributed by atoms with van der Waals surface area (Å²) in [7, 11) is 3.08. The molecule has 0 unspecified atom stereocenters. The first-order chi connectivity index (χ1) is 9.82. The smallest absolute Gasteiger partial charge is 0.266 e. The van der Waals surface area contributed by atoms with Crippen LogP contribution >= 0.6 is 35.4 Å². The molecule has 1 aromatic heterocycles. The van der Waals surface area contributed by atoms with E-state index in [-0.39, 0.29) is 16.2 Å². The summed E-state index contributed by atoms with van der Waals surface area (Å²) in [5.41, 5.74) is 0.0247. The molecule has 0 saturated heterocycles. The molecule has 5 nitrogen and oxygen atoms in total. The van der Waals surface area contributed by atoms with Crippen molar-refractivity contribution in [3.63, 3.8) is 0 Å². The maximum Gasteiger partial charge on any atom is 0.266 e. The van der Waals surface area contributed by atoms with E-state index in [2.05, 4.69) is 4.99 Å². The van der Waals surface area contributed by atoms with Crippen molar-refractivity contribution in [1.82, 2.24) is 9.13 Å². The number of aromatic nitrogens is 2. The molecular weight excluding hydrogens is 333 g/mol. The highest BCUT2D eigenvalue weighted by Crippen LogP contribution is 2.27. The van der Waals surface area contributed by atoms with Gasteiger partial charge in [0.15, 0.2) is 4.77 Å². The molecule has 0 aliphatic carbocycles. The molecule has 0 bridgehead atoms. The average Bonchev–Trinajstić information content (AvgIpc) is 2.45. The van der Waals surface area contributed by atoms with E-state index in [0.717, 1.165) is 0 Å². The van der Waals surface area contributed by atoms with Crippen LogP contribution in [0.4, 0.5) is 5.69 Å². The molecule has 1 aromatic carbocycles. The van der Waals surface area contributed by atoms with Gasteiger partial charge in [-0.3, -0.25) is 18.9 Å². The Hall–Kier alpha value is -1.63. The molecule has 1 N–H and O–H groups in total. The summed E-state index contributed by atoms with van der Waals surface area (Å²) in [4.78, 5) is 16.2. The van der Waals surface area contributed by atoms with E-state index in [1.54, 1.807) is 25.2 Å². The number of aliphatic imine (C=N–C) groups is 1. The van der Waals surface area contributed by atoms with Crippen LogP contribution in [0, 0.1) is 4.77 Å². The number of hydrogen-bond acceptors (Lipinski definition) is 4. The molecule has 8 heteroatoms. The number of hydrogen-bond donors (Lipinski definition) is 1. The zero-order valence-corrected chi connectivity index (χ0v) is 13.5. The molecule has 0 amide bonds. The summed E-state index contributed by atoms with van der Waals surface area (Å²) in [5, 5.41) is 10.8. The van der Waals surface area contributed by atoms with Gasteiger partial charge in [0.1, 0.15) is 5.56 Å². The van der Waals surface area contributed by atoms with E-state index < -0.39 is 5.56 Å². The van der Waals surface area contributed by atoms with E-state index in [1.165, 1.54) is 22.4 Å². The van der Waals surface area contributed by atoms with Gasteiger partial charge in [-0.15, -0.1) is 0 Å². The van der Waals surface area contributed by atoms with Gasteiger partial charge in [0.25, 0.3) is 5.56 Å². The molecule has 0 atom stereocenters. The van der Waals surface area contributed by atoms with Crippen LogP contribution in [0.5, 0.6) is 5.88 Å². The summed E-state index contributed by atoms with van der Waals surface area (Å²) in [6.45, 7) is 0. The van der Waals surface area contributed by atoms with Gasteiger partial charge < -0.3 is 5.11 Å². The zero-order chi connectivity index (χ0) is 15.7. The van der Waals surface area contributed by atoms with E-state index in [1.807, 2.05) is 0 Å². The normalized spacial score (nSPS) is 11.2. The van der Waals surface area contributed by atoms with E-state index in [9.17, 15) is 9.90 Å². The van der Waals surface area contributed by atoms with Crippen LogP contribution < -0.4 is 5.56 Å². The number of rotatable bonds is 2. The molecule has 0 aliphatic heterocycles. The Bertz CT molecular complexity index is 856. The second-order valence-electron chi connectivity index (χ2n) is 4.30. The second kappa shape index (κ2) is 6.01. The Morgan fingerprint density at radius 3 is 2.57 bits per heavy atom. The molecule has 0 saturated carbocycles. The monoisotopic (exact) mass is 343 g/mol. The first kappa shape index (κ1) is 15.8. The lowest BCUT2D eigenvalue weighted by Crippen LogP contribution is -2.25. The quantitative estimate of drug-likeness (QED) is 0.672. The molecule has 21 heavy (non-hydrogen) atoms. The van der Waals surface area contributed by atoms with Crippen molar-refractivity contribution in [2.24, 2.45) is 19.1 Å². The second-order valence-corrected chi connectivity index (χ2v) is 5.51. The predicted octanol–water partition coefficient (Wildman–Crippen LogP) is 3.22. The van der Waals surface area contributed by atoms with Gasteiger partial charge in [0.05, 0.1) is 10.7 Å². The van der Waals surface area contributed by atoms with Gasteiger partial charge in [0.2, 0.25) is 5.88 Å². The topological polar surface area (TPSA) is 59.5 Å². The maximum absolute atomic E-state index is 12.1. The highest BCUT2D eigenvalue weighted by Gasteiger charge is 2.11. The first-order valence-electron chi connectivity index (χ1n) is 5.81. The highest BCUT2D eigenvalue weighted by atomic mass is 35.5. The van der Waals surface area contributed by atoms with Crippen molar-refractivity contribution in [2.45, 2.75) is 0 Å². The van der Waals surface area contributed by atoms with Gasteiger partial charge in [-0.05, 0) is 30.4 Å². The van der Waals surface area contributed by atoms with Crippen LogP contribution in [0.1, 0.15) is 5.56 Å². The Labute approximate surface area is 135 Å². The lowest BCUT2D eigenvalue weighted by atomic mass is 10.3. The third kappa shape index (κ3) is 3.02. The van der Waals surface area contributed by atoms with Crippen molar-refractivity contribution in [3.8, 4) is 5.88 Å². The van der Waals surface area contributed by atoms with Gasteiger partial charge >= 0.3 is 0 Å². The molecule has 2 rings (SSSR count). The summed E-state index contributed by atoms with van der Waals surface area (Å²) in [6, 6.07) is 4.79. The Morgan fingerprint density at radius 1 is 1.29 bits per heavy atom. The van der Waals surface area contributed by atoms with Crippen LogP contribution in [0.3, 0.4) is 0 Å². The average molecular weight is 344 g/mol. The number of nitrogens with zero attached hydrogens (tertiary/aromatic N) is 3. The highest BCUT2D eigenvalue weighted by molar-refractivity contribution is 7.71. The number of halogens is 2. The fraction of sp³-hybridized carbons (Fsp3) is 0.154. The van der Waals surface area contributed by atoms with E-state index in [0.29, 0.717) is 15.7 Å². The predicted molar refractivity (Wildman–Crippen MR) is 86.9 cm³/mol. The lowest BCUT2D eigenvalue weighted by Gasteiger charge is -2.09. The summed E-state index contributed by atoms with van der Waals surface area (Å²) in [6.07, 6.45) is 1.25. The molecule has 0 fully saturated rings. The third-order valence-electron chi connectivity index (χ3n) is 2.91. The van der Waals surface area contributed by atoms with Crippen LogP contribution in [-0.4, -0.2) is 20.5 Å². The number of benzene rings is 1. The van der Waals surface area contributed by atoms with Crippen molar-refractivity contribution >= 4 is 47.3 Å². The largest absolute Gasteiger partial charge is 0.494 e. The Kier molecular flexibility index (Phi) is 4.51. The standard InChI is InChI=1S/C13H11Cl2N3O2S/c1-17-11(19)8(12(20)18(2)13(17)21)6-16-10-4-3-7(14)5-9(10)15/h3-6,19H,1-2H3. The molecule has 0 radical (unpaired) electrons. The van der Waals surface area contributed by atoms with Gasteiger partial charge in [-0.25, -0.2) is 0 Å². The minimum Gasteiger partial charge on any atom is -0.494 e. The fourth-order valence-corrected chi connectivity index (χ4v) is 2.32. The van der Waals surface area contributed by atoms with Crippen molar-refractivity contribution in [1.29, 1.82) is 0 Å². The van der Waals surface area contributed by atoms with Crippen LogP contribution in [0.25, 0.3) is 0 Å². The van der Waals surface area contributed by atoms with Gasteiger partial charge in [-0.2, -0.15) is 0 Å². The molecular formula is C13H11Cl2N3O2S. The minimum absolute atomic E-state index is 0.0274. The summed E-state index contributed by atoms with van der Waals surface area (Å²) < 4.78 is 2.78. The SMILES string of the molecule is Cn1c(O)c(C=Nc2ccc(Cl)cc2Cl)c(=O)n(C)c1=S.